The van der Waals surface area contributed by atoms with Crippen molar-refractivity contribution in [2.75, 3.05) is 7.11 Å². The zero-order valence-corrected chi connectivity index (χ0v) is 15.5. The fourth-order valence-corrected chi connectivity index (χ4v) is 3.79. The van der Waals surface area contributed by atoms with Crippen LogP contribution in [0.15, 0.2) is 89.8 Å². The van der Waals surface area contributed by atoms with Gasteiger partial charge in [0.05, 0.1) is 7.11 Å². The van der Waals surface area contributed by atoms with Gasteiger partial charge >= 0.3 is 5.97 Å². The van der Waals surface area contributed by atoms with E-state index in [0.717, 1.165) is 16.2 Å². The number of thioether (sulfide) groups is 1. The van der Waals surface area contributed by atoms with Crippen molar-refractivity contribution in [3.05, 3.63) is 90.5 Å². The lowest BCUT2D eigenvalue weighted by atomic mass is 10.00. The van der Waals surface area contributed by atoms with Crippen LogP contribution in [0.25, 0.3) is 0 Å². The SMILES string of the molecule is COC(=O)C(C)(Sc1ccccc1)c1cccc(Oc2ccccc2)c1. The van der Waals surface area contributed by atoms with E-state index in [-0.39, 0.29) is 5.97 Å². The molecule has 0 saturated heterocycles. The molecule has 1 unspecified atom stereocenters. The molecule has 0 aliphatic carbocycles. The summed E-state index contributed by atoms with van der Waals surface area (Å²) in [5.74, 6) is 1.13. The van der Waals surface area contributed by atoms with Crippen LogP contribution in [0.3, 0.4) is 0 Å². The summed E-state index contributed by atoms with van der Waals surface area (Å²) in [5.41, 5.74) is 0.826. The molecule has 3 rings (SSSR count). The van der Waals surface area contributed by atoms with Crippen molar-refractivity contribution in [3.8, 4) is 11.5 Å². The van der Waals surface area contributed by atoms with Crippen molar-refractivity contribution in [1.29, 1.82) is 0 Å². The van der Waals surface area contributed by atoms with Gasteiger partial charge in [0.2, 0.25) is 0 Å². The number of ether oxygens (including phenoxy) is 2. The van der Waals surface area contributed by atoms with Gasteiger partial charge in [-0.25, -0.2) is 0 Å². The van der Waals surface area contributed by atoms with Crippen LogP contribution >= 0.6 is 11.8 Å². The second-order valence-corrected chi connectivity index (χ2v) is 7.37. The van der Waals surface area contributed by atoms with Gasteiger partial charge in [0.1, 0.15) is 16.2 Å². The van der Waals surface area contributed by atoms with Crippen LogP contribution in [0.1, 0.15) is 12.5 Å². The van der Waals surface area contributed by atoms with E-state index in [9.17, 15) is 4.79 Å². The summed E-state index contributed by atoms with van der Waals surface area (Å²) in [7, 11) is 1.41. The molecule has 0 heterocycles. The zero-order chi connectivity index (χ0) is 18.4. The summed E-state index contributed by atoms with van der Waals surface area (Å²) in [6, 6.07) is 27.0. The van der Waals surface area contributed by atoms with Gasteiger partial charge in [-0.05, 0) is 48.9 Å². The highest BCUT2D eigenvalue weighted by Crippen LogP contribution is 2.43. The Kier molecular flexibility index (Phi) is 5.64. The van der Waals surface area contributed by atoms with Gasteiger partial charge in [-0.2, -0.15) is 0 Å². The molecule has 3 aromatic carbocycles. The molecule has 0 N–H and O–H groups in total. The number of esters is 1. The standard InChI is InChI=1S/C22H20O3S/c1-22(21(23)24-2,26-20-14-7-4-8-15-20)17-10-9-13-19(16-17)25-18-11-5-3-6-12-18/h3-16H,1-2H3. The van der Waals surface area contributed by atoms with Gasteiger partial charge in [0.15, 0.2) is 0 Å². The number of para-hydroxylation sites is 1. The third kappa shape index (κ3) is 4.09. The summed E-state index contributed by atoms with van der Waals surface area (Å²) in [5, 5.41) is 0. The molecule has 0 aliphatic heterocycles. The first-order chi connectivity index (χ1) is 12.6. The van der Waals surface area contributed by atoms with Crippen molar-refractivity contribution in [3.63, 3.8) is 0 Å². The van der Waals surface area contributed by atoms with Crippen LogP contribution in [0.2, 0.25) is 0 Å². The van der Waals surface area contributed by atoms with E-state index >= 15 is 0 Å². The highest BCUT2D eigenvalue weighted by atomic mass is 32.2. The molecule has 0 amide bonds. The number of hydrogen-bond acceptors (Lipinski definition) is 4. The fourth-order valence-electron chi connectivity index (χ4n) is 2.62. The van der Waals surface area contributed by atoms with Gasteiger partial charge in [0.25, 0.3) is 0 Å². The average Bonchev–Trinajstić information content (AvgIpc) is 2.69. The molecule has 4 heteroatoms. The third-order valence-electron chi connectivity index (χ3n) is 4.00. The number of carbonyl (C=O) groups excluding carboxylic acids is 1. The summed E-state index contributed by atoms with van der Waals surface area (Å²) >= 11 is 1.46. The lowest BCUT2D eigenvalue weighted by Gasteiger charge is -2.27. The zero-order valence-electron chi connectivity index (χ0n) is 14.7. The molecular formula is C22H20O3S. The number of benzene rings is 3. The molecule has 3 aromatic rings. The second-order valence-electron chi connectivity index (χ2n) is 5.88. The normalized spacial score (nSPS) is 12.8. The monoisotopic (exact) mass is 364 g/mol. The Bertz CT molecular complexity index is 865. The van der Waals surface area contributed by atoms with Crippen LogP contribution < -0.4 is 4.74 Å². The molecule has 0 fully saturated rings. The first kappa shape index (κ1) is 18.1. The average molecular weight is 364 g/mol. The number of methoxy groups -OCH3 is 1. The molecule has 132 valence electrons. The maximum atomic E-state index is 12.6. The summed E-state index contributed by atoms with van der Waals surface area (Å²) in [6.07, 6.45) is 0. The minimum absolute atomic E-state index is 0.303. The van der Waals surface area contributed by atoms with E-state index in [4.69, 9.17) is 9.47 Å². The van der Waals surface area contributed by atoms with Crippen LogP contribution in [0, 0.1) is 0 Å². The van der Waals surface area contributed by atoms with Gasteiger partial charge in [-0.15, -0.1) is 11.8 Å². The minimum Gasteiger partial charge on any atom is -0.468 e. The second kappa shape index (κ2) is 8.11. The van der Waals surface area contributed by atoms with E-state index < -0.39 is 4.75 Å². The van der Waals surface area contributed by atoms with E-state index in [1.165, 1.54) is 18.9 Å². The first-order valence-electron chi connectivity index (χ1n) is 8.28. The fraction of sp³-hybridized carbons (Fsp3) is 0.136. The Hall–Kier alpha value is -2.72. The Morgan fingerprint density at radius 3 is 2.12 bits per heavy atom. The minimum atomic E-state index is -0.883. The highest BCUT2D eigenvalue weighted by molar-refractivity contribution is 8.01. The van der Waals surface area contributed by atoms with Crippen LogP contribution in [0.5, 0.6) is 11.5 Å². The van der Waals surface area contributed by atoms with E-state index in [1.807, 2.05) is 91.9 Å². The predicted octanol–water partition coefficient (Wildman–Crippen LogP) is 5.66. The van der Waals surface area contributed by atoms with Crippen LogP contribution in [0.4, 0.5) is 0 Å². The maximum Gasteiger partial charge on any atom is 0.326 e. The summed E-state index contributed by atoms with van der Waals surface area (Å²) in [6.45, 7) is 1.87. The van der Waals surface area contributed by atoms with E-state index in [0.29, 0.717) is 5.75 Å². The van der Waals surface area contributed by atoms with Crippen molar-refractivity contribution < 1.29 is 14.3 Å². The Balaban J connectivity index is 1.94. The molecule has 0 aliphatic rings. The van der Waals surface area contributed by atoms with Crippen LogP contribution in [-0.4, -0.2) is 13.1 Å². The Morgan fingerprint density at radius 2 is 1.46 bits per heavy atom. The number of carbonyl (C=O) groups is 1. The first-order valence-corrected chi connectivity index (χ1v) is 9.09. The van der Waals surface area contributed by atoms with Crippen molar-refractivity contribution in [2.24, 2.45) is 0 Å². The molecule has 26 heavy (non-hydrogen) atoms. The van der Waals surface area contributed by atoms with Crippen molar-refractivity contribution in [1.82, 2.24) is 0 Å². The lowest BCUT2D eigenvalue weighted by Crippen LogP contribution is -2.30. The summed E-state index contributed by atoms with van der Waals surface area (Å²) < 4.78 is 10.1. The Morgan fingerprint density at radius 1 is 0.846 bits per heavy atom. The molecule has 0 radical (unpaired) electrons. The maximum absolute atomic E-state index is 12.6. The quantitative estimate of drug-likeness (QED) is 0.418. The Labute approximate surface area is 158 Å². The molecular weight excluding hydrogens is 344 g/mol. The highest BCUT2D eigenvalue weighted by Gasteiger charge is 2.38. The number of rotatable bonds is 6. The van der Waals surface area contributed by atoms with Gasteiger partial charge in [0, 0.05) is 4.90 Å². The van der Waals surface area contributed by atoms with Crippen molar-refractivity contribution in [2.45, 2.75) is 16.6 Å². The number of hydrogen-bond donors (Lipinski definition) is 0. The van der Waals surface area contributed by atoms with Gasteiger partial charge in [-0.1, -0.05) is 48.5 Å². The van der Waals surface area contributed by atoms with E-state index in [1.54, 1.807) is 0 Å². The molecule has 0 saturated carbocycles. The third-order valence-corrected chi connectivity index (χ3v) is 5.32. The van der Waals surface area contributed by atoms with Gasteiger partial charge in [-0.3, -0.25) is 4.79 Å². The smallest absolute Gasteiger partial charge is 0.326 e. The summed E-state index contributed by atoms with van der Waals surface area (Å²) in [4.78, 5) is 13.6. The molecule has 0 bridgehead atoms. The largest absolute Gasteiger partial charge is 0.468 e. The van der Waals surface area contributed by atoms with Crippen LogP contribution in [-0.2, 0) is 14.3 Å². The topological polar surface area (TPSA) is 35.5 Å². The predicted molar refractivity (Wildman–Crippen MR) is 105 cm³/mol. The van der Waals surface area contributed by atoms with Crippen molar-refractivity contribution >= 4 is 17.7 Å². The van der Waals surface area contributed by atoms with Gasteiger partial charge < -0.3 is 9.47 Å². The molecule has 0 aromatic heterocycles. The molecule has 0 spiro atoms. The molecule has 1 atom stereocenters. The lowest BCUT2D eigenvalue weighted by molar-refractivity contribution is -0.143. The van der Waals surface area contributed by atoms with E-state index in [2.05, 4.69) is 0 Å². The molecule has 3 nitrogen and oxygen atoms in total.